The Kier molecular flexibility index (Phi) is 5.89. The summed E-state index contributed by atoms with van der Waals surface area (Å²) >= 11 is 1.51. The lowest BCUT2D eigenvalue weighted by atomic mass is 10.1. The van der Waals surface area contributed by atoms with E-state index in [-0.39, 0.29) is 5.82 Å². The number of halogens is 1. The van der Waals surface area contributed by atoms with Crippen molar-refractivity contribution in [1.29, 1.82) is 0 Å². The molecule has 0 atom stereocenters. The predicted molar refractivity (Wildman–Crippen MR) is 103 cm³/mol. The lowest BCUT2D eigenvalue weighted by molar-refractivity contribution is 0.453. The maximum Gasteiger partial charge on any atom is 0.223 e. The summed E-state index contributed by atoms with van der Waals surface area (Å²) in [5.74, 6) is 1.76. The second-order valence-electron chi connectivity index (χ2n) is 6.10. The smallest absolute Gasteiger partial charge is 0.223 e. The molecule has 0 bridgehead atoms. The Morgan fingerprint density at radius 3 is 2.42 bits per heavy atom. The van der Waals surface area contributed by atoms with Gasteiger partial charge in [0.15, 0.2) is 5.16 Å². The van der Waals surface area contributed by atoms with Gasteiger partial charge in [-0.25, -0.2) is 9.37 Å². The van der Waals surface area contributed by atoms with Crippen LogP contribution < -0.4 is 4.74 Å². The summed E-state index contributed by atoms with van der Waals surface area (Å²) in [7, 11) is 0. The minimum Gasteiger partial charge on any atom is -0.439 e. The van der Waals surface area contributed by atoms with Crippen LogP contribution in [0.25, 0.3) is 0 Å². The monoisotopic (exact) mass is 368 g/mol. The van der Waals surface area contributed by atoms with Gasteiger partial charge in [-0.3, -0.25) is 0 Å². The van der Waals surface area contributed by atoms with E-state index >= 15 is 0 Å². The highest BCUT2D eigenvalue weighted by Gasteiger charge is 2.08. The summed E-state index contributed by atoms with van der Waals surface area (Å²) < 4.78 is 19.0. The van der Waals surface area contributed by atoms with E-state index in [4.69, 9.17) is 4.74 Å². The first kappa shape index (κ1) is 18.4. The maximum atomic E-state index is 13.0. The Hall–Kier alpha value is -2.40. The van der Waals surface area contributed by atoms with Gasteiger partial charge < -0.3 is 4.74 Å². The van der Waals surface area contributed by atoms with Crippen molar-refractivity contribution in [3.8, 4) is 11.6 Å². The van der Waals surface area contributed by atoms with Crippen LogP contribution in [0.15, 0.2) is 53.7 Å². The summed E-state index contributed by atoms with van der Waals surface area (Å²) in [6.07, 6.45) is 0.802. The Balaban J connectivity index is 1.77. The fraction of sp³-hybridized carbons (Fsp3) is 0.238. The zero-order chi connectivity index (χ0) is 18.5. The van der Waals surface area contributed by atoms with Crippen LogP contribution >= 0.6 is 11.8 Å². The predicted octanol–water partition coefficient (Wildman–Crippen LogP) is 5.88. The molecule has 134 valence electrons. The van der Waals surface area contributed by atoms with E-state index in [1.165, 1.54) is 35.0 Å². The number of hydrogen-bond donors (Lipinski definition) is 0. The number of nitrogens with zero attached hydrogens (tertiary/aromatic N) is 2. The molecule has 3 rings (SSSR count). The average molecular weight is 368 g/mol. The number of benzene rings is 2. The minimum absolute atomic E-state index is 0.230. The minimum atomic E-state index is -0.230. The molecular weight excluding hydrogens is 347 g/mol. The molecule has 1 heterocycles. The molecule has 26 heavy (non-hydrogen) atoms. The molecule has 0 saturated heterocycles. The van der Waals surface area contributed by atoms with Gasteiger partial charge in [-0.2, -0.15) is 4.98 Å². The molecule has 0 fully saturated rings. The van der Waals surface area contributed by atoms with E-state index in [1.807, 2.05) is 24.3 Å². The lowest BCUT2D eigenvalue weighted by Crippen LogP contribution is -1.98. The maximum absolute atomic E-state index is 13.0. The highest BCUT2D eigenvalue weighted by molar-refractivity contribution is 7.98. The topological polar surface area (TPSA) is 35.0 Å². The molecular formula is C21H21FN2OS. The fourth-order valence-corrected chi connectivity index (χ4v) is 3.20. The number of aromatic nitrogens is 2. The molecule has 0 amide bonds. The van der Waals surface area contributed by atoms with Gasteiger partial charge in [-0.05, 0) is 61.2 Å². The Morgan fingerprint density at radius 2 is 1.73 bits per heavy atom. The number of aryl methyl sites for hydroxylation is 3. The molecule has 3 aromatic rings. The van der Waals surface area contributed by atoms with E-state index in [0.29, 0.717) is 16.8 Å². The van der Waals surface area contributed by atoms with Gasteiger partial charge in [0.05, 0.1) is 0 Å². The van der Waals surface area contributed by atoms with Gasteiger partial charge in [0.25, 0.3) is 0 Å². The van der Waals surface area contributed by atoms with Crippen molar-refractivity contribution in [1.82, 2.24) is 9.97 Å². The van der Waals surface area contributed by atoms with E-state index in [0.717, 1.165) is 23.4 Å². The summed E-state index contributed by atoms with van der Waals surface area (Å²) in [6.45, 7) is 6.18. The molecule has 5 heteroatoms. The van der Waals surface area contributed by atoms with Crippen LogP contribution in [0.4, 0.5) is 4.39 Å². The van der Waals surface area contributed by atoms with Crippen LogP contribution in [-0.4, -0.2) is 9.97 Å². The molecule has 0 saturated carbocycles. The summed E-state index contributed by atoms with van der Waals surface area (Å²) in [6, 6.07) is 14.3. The van der Waals surface area contributed by atoms with Gasteiger partial charge in [-0.15, -0.1) is 0 Å². The molecule has 2 aromatic carbocycles. The van der Waals surface area contributed by atoms with Crippen molar-refractivity contribution in [2.45, 2.75) is 38.1 Å². The third kappa shape index (κ3) is 4.82. The number of hydrogen-bond acceptors (Lipinski definition) is 4. The molecule has 0 spiro atoms. The number of thioether (sulfide) groups is 1. The van der Waals surface area contributed by atoms with Crippen LogP contribution in [0, 0.1) is 19.7 Å². The molecule has 0 aliphatic heterocycles. The zero-order valence-corrected chi connectivity index (χ0v) is 15.9. The summed E-state index contributed by atoms with van der Waals surface area (Å²) in [5.41, 5.74) is 4.36. The van der Waals surface area contributed by atoms with Crippen molar-refractivity contribution >= 4 is 11.8 Å². The largest absolute Gasteiger partial charge is 0.439 e. The fourth-order valence-electron chi connectivity index (χ4n) is 2.37. The first-order valence-electron chi connectivity index (χ1n) is 8.54. The van der Waals surface area contributed by atoms with Crippen LogP contribution in [-0.2, 0) is 12.2 Å². The van der Waals surface area contributed by atoms with Crippen LogP contribution in [0.2, 0.25) is 0 Å². The third-order valence-corrected chi connectivity index (χ3v) is 5.00. The van der Waals surface area contributed by atoms with Crippen molar-refractivity contribution in [2.75, 3.05) is 0 Å². The number of rotatable bonds is 6. The second-order valence-corrected chi connectivity index (χ2v) is 7.04. The summed E-state index contributed by atoms with van der Waals surface area (Å²) in [5, 5.41) is 0.660. The molecule has 0 aliphatic carbocycles. The van der Waals surface area contributed by atoms with Gasteiger partial charge in [0.1, 0.15) is 11.6 Å². The van der Waals surface area contributed by atoms with E-state index < -0.39 is 0 Å². The Labute approximate surface area is 157 Å². The lowest BCUT2D eigenvalue weighted by Gasteiger charge is -2.10. The van der Waals surface area contributed by atoms with Gasteiger partial charge in [0, 0.05) is 17.5 Å². The van der Waals surface area contributed by atoms with Crippen LogP contribution in [0.3, 0.4) is 0 Å². The van der Waals surface area contributed by atoms with Crippen molar-refractivity contribution in [3.05, 3.63) is 76.7 Å². The first-order valence-corrected chi connectivity index (χ1v) is 9.52. The van der Waals surface area contributed by atoms with E-state index in [1.54, 1.807) is 12.1 Å². The number of ether oxygens (including phenoxy) is 1. The van der Waals surface area contributed by atoms with E-state index in [2.05, 4.69) is 30.7 Å². The van der Waals surface area contributed by atoms with E-state index in [9.17, 15) is 4.39 Å². The Morgan fingerprint density at radius 1 is 0.962 bits per heavy atom. The SMILES string of the molecule is CCc1cc(Oc2ccc(C)c(C)c2)nc(SCc2ccc(F)cc2)n1. The highest BCUT2D eigenvalue weighted by Crippen LogP contribution is 2.26. The van der Waals surface area contributed by atoms with Crippen LogP contribution in [0.5, 0.6) is 11.6 Å². The third-order valence-electron chi connectivity index (χ3n) is 4.08. The molecule has 0 aliphatic rings. The first-order chi connectivity index (χ1) is 12.5. The summed E-state index contributed by atoms with van der Waals surface area (Å²) in [4.78, 5) is 9.07. The quantitative estimate of drug-likeness (QED) is 0.402. The molecule has 0 N–H and O–H groups in total. The van der Waals surface area contributed by atoms with Crippen molar-refractivity contribution < 1.29 is 9.13 Å². The normalized spacial score (nSPS) is 10.8. The standard InChI is InChI=1S/C21H21FN2OS/c1-4-18-12-20(25-19-10-5-14(2)15(3)11-19)24-21(23-18)26-13-16-6-8-17(22)9-7-16/h5-12H,4,13H2,1-3H3. The molecule has 0 unspecified atom stereocenters. The van der Waals surface area contributed by atoms with Gasteiger partial charge in [-0.1, -0.05) is 36.9 Å². The van der Waals surface area contributed by atoms with Crippen molar-refractivity contribution in [2.24, 2.45) is 0 Å². The molecule has 0 radical (unpaired) electrons. The van der Waals surface area contributed by atoms with Crippen LogP contribution in [0.1, 0.15) is 29.3 Å². The second kappa shape index (κ2) is 8.32. The Bertz CT molecular complexity index is 897. The van der Waals surface area contributed by atoms with Gasteiger partial charge in [0.2, 0.25) is 5.88 Å². The average Bonchev–Trinajstić information content (AvgIpc) is 2.64. The molecule has 3 nitrogen and oxygen atoms in total. The van der Waals surface area contributed by atoms with Gasteiger partial charge >= 0.3 is 0 Å². The molecule has 1 aromatic heterocycles. The highest BCUT2D eigenvalue weighted by atomic mass is 32.2. The zero-order valence-electron chi connectivity index (χ0n) is 15.1. The van der Waals surface area contributed by atoms with Crippen molar-refractivity contribution in [3.63, 3.8) is 0 Å².